The van der Waals surface area contributed by atoms with Gasteiger partial charge in [0.15, 0.2) is 0 Å². The van der Waals surface area contributed by atoms with Gasteiger partial charge >= 0.3 is 0 Å². The van der Waals surface area contributed by atoms with Crippen molar-refractivity contribution in [2.45, 2.75) is 13.0 Å². The fourth-order valence-corrected chi connectivity index (χ4v) is 3.35. The van der Waals surface area contributed by atoms with Gasteiger partial charge in [0.05, 0.1) is 4.47 Å². The molecule has 1 N–H and O–H groups in total. The first-order valence-corrected chi connectivity index (χ1v) is 10.4. The van der Waals surface area contributed by atoms with Gasteiger partial charge in [-0.25, -0.2) is 4.39 Å². The average molecular weight is 479 g/mol. The number of nitrogens with zero attached hydrogens (tertiary/aromatic N) is 1. The number of carbonyl (C=O) groups is 1. The Hall–Kier alpha value is -3.43. The van der Waals surface area contributed by atoms with Crippen LogP contribution in [0.15, 0.2) is 82.8 Å². The molecule has 0 aromatic heterocycles. The van der Waals surface area contributed by atoms with Crippen molar-refractivity contribution in [2.75, 3.05) is 6.54 Å². The highest BCUT2D eigenvalue weighted by Crippen LogP contribution is 2.27. The summed E-state index contributed by atoms with van der Waals surface area (Å²) >= 11 is 3.45. The predicted molar refractivity (Wildman–Crippen MR) is 122 cm³/mol. The first-order valence-electron chi connectivity index (χ1n) is 9.66. The second-order valence-corrected chi connectivity index (χ2v) is 7.62. The molecule has 0 fully saturated rings. The van der Waals surface area contributed by atoms with Crippen molar-refractivity contribution in [3.05, 3.63) is 105 Å². The topological polar surface area (TPSA) is 62.1 Å². The molecule has 0 heterocycles. The van der Waals surface area contributed by atoms with E-state index in [0.717, 1.165) is 11.1 Å². The van der Waals surface area contributed by atoms with E-state index in [0.29, 0.717) is 35.4 Å². The third-order valence-electron chi connectivity index (χ3n) is 4.48. The Morgan fingerprint density at radius 1 is 1.06 bits per heavy atom. The zero-order chi connectivity index (χ0) is 22.1. The molecule has 4 nitrogen and oxygen atoms in total. The van der Waals surface area contributed by atoms with Crippen LogP contribution in [0.25, 0.3) is 6.08 Å². The van der Waals surface area contributed by atoms with Gasteiger partial charge in [-0.1, -0.05) is 48.5 Å². The van der Waals surface area contributed by atoms with Crippen LogP contribution in [0.1, 0.15) is 16.7 Å². The molecule has 0 atom stereocenters. The molecule has 3 aromatic rings. The highest BCUT2D eigenvalue weighted by Gasteiger charge is 2.10. The third kappa shape index (κ3) is 6.80. The molecule has 6 heteroatoms. The van der Waals surface area contributed by atoms with Crippen molar-refractivity contribution in [2.24, 2.45) is 0 Å². The minimum Gasteiger partial charge on any atom is -0.488 e. The maximum atomic E-state index is 13.0. The lowest BCUT2D eigenvalue weighted by atomic mass is 10.1. The van der Waals surface area contributed by atoms with Crippen LogP contribution in [0.5, 0.6) is 5.75 Å². The molecule has 0 saturated carbocycles. The number of ether oxygens (including phenoxy) is 1. The smallest absolute Gasteiger partial charge is 0.261 e. The number of hydrogen-bond acceptors (Lipinski definition) is 3. The lowest BCUT2D eigenvalue weighted by Crippen LogP contribution is -2.26. The number of nitrogens with one attached hydrogen (secondary N) is 1. The molecule has 3 rings (SSSR count). The molecular formula is C25H20BrFN2O2. The summed E-state index contributed by atoms with van der Waals surface area (Å²) in [6.07, 6.45) is 2.23. The Balaban J connectivity index is 1.59. The summed E-state index contributed by atoms with van der Waals surface area (Å²) in [6, 6.07) is 23.2. The molecule has 0 aliphatic heterocycles. The second-order valence-electron chi connectivity index (χ2n) is 6.77. The predicted octanol–water partition coefficient (Wildman–Crippen LogP) is 5.43. The van der Waals surface area contributed by atoms with E-state index < -0.39 is 5.91 Å². The molecular weight excluding hydrogens is 459 g/mol. The van der Waals surface area contributed by atoms with Crippen molar-refractivity contribution < 1.29 is 13.9 Å². The zero-order valence-electron chi connectivity index (χ0n) is 16.6. The molecule has 0 unspecified atom stereocenters. The van der Waals surface area contributed by atoms with E-state index in [9.17, 15) is 14.4 Å². The Kier molecular flexibility index (Phi) is 7.97. The molecule has 0 bridgehead atoms. The van der Waals surface area contributed by atoms with Gasteiger partial charge in [-0.3, -0.25) is 4.79 Å². The van der Waals surface area contributed by atoms with Crippen molar-refractivity contribution in [1.29, 1.82) is 5.26 Å². The van der Waals surface area contributed by atoms with E-state index >= 15 is 0 Å². The van der Waals surface area contributed by atoms with Crippen LogP contribution < -0.4 is 10.1 Å². The number of benzene rings is 3. The summed E-state index contributed by atoms with van der Waals surface area (Å²) < 4.78 is 19.4. The van der Waals surface area contributed by atoms with Crippen LogP contribution in [0, 0.1) is 17.1 Å². The molecule has 0 spiro atoms. The van der Waals surface area contributed by atoms with Gasteiger partial charge < -0.3 is 10.1 Å². The number of halogens is 2. The first-order chi connectivity index (χ1) is 15.0. The average Bonchev–Trinajstić information content (AvgIpc) is 2.78. The minimum atomic E-state index is -0.411. The third-order valence-corrected chi connectivity index (χ3v) is 5.10. The summed E-state index contributed by atoms with van der Waals surface area (Å²) in [5.74, 6) is -0.100. The summed E-state index contributed by atoms with van der Waals surface area (Å²) in [5.41, 5.74) is 2.68. The lowest BCUT2D eigenvalue weighted by molar-refractivity contribution is -0.117. The molecule has 31 heavy (non-hydrogen) atoms. The van der Waals surface area contributed by atoms with Crippen molar-refractivity contribution in [3.63, 3.8) is 0 Å². The molecule has 0 aliphatic carbocycles. The minimum absolute atomic E-state index is 0.0277. The Morgan fingerprint density at radius 3 is 2.48 bits per heavy atom. The van der Waals surface area contributed by atoms with Gasteiger partial charge in [-0.2, -0.15) is 5.26 Å². The monoisotopic (exact) mass is 478 g/mol. The number of hydrogen-bond donors (Lipinski definition) is 1. The second kappa shape index (κ2) is 11.1. The number of rotatable bonds is 8. The van der Waals surface area contributed by atoms with Crippen LogP contribution in [-0.2, 0) is 17.8 Å². The van der Waals surface area contributed by atoms with Crippen LogP contribution >= 0.6 is 15.9 Å². The zero-order valence-corrected chi connectivity index (χ0v) is 18.2. The van der Waals surface area contributed by atoms with Crippen molar-refractivity contribution in [3.8, 4) is 11.8 Å². The van der Waals surface area contributed by atoms with E-state index in [1.54, 1.807) is 30.3 Å². The fourth-order valence-electron chi connectivity index (χ4n) is 2.84. The van der Waals surface area contributed by atoms with Gasteiger partial charge in [0, 0.05) is 6.54 Å². The van der Waals surface area contributed by atoms with Crippen molar-refractivity contribution >= 4 is 27.9 Å². The van der Waals surface area contributed by atoms with Crippen LogP contribution in [0.4, 0.5) is 4.39 Å². The number of amides is 1. The van der Waals surface area contributed by atoms with Gasteiger partial charge in [0.25, 0.3) is 5.91 Å². The van der Waals surface area contributed by atoms with Crippen LogP contribution in [0.3, 0.4) is 0 Å². The summed E-state index contributed by atoms with van der Waals surface area (Å²) in [5, 5.41) is 12.2. The molecule has 1 amide bonds. The molecule has 0 saturated heterocycles. The van der Waals surface area contributed by atoms with Crippen LogP contribution in [0.2, 0.25) is 0 Å². The Bertz CT molecular complexity index is 1110. The van der Waals surface area contributed by atoms with E-state index in [4.69, 9.17) is 4.74 Å². The standard InChI is InChI=1S/C25H20BrFN2O2/c26-23-15-20(8-11-24(23)31-17-19-6-9-22(27)10-7-19)14-21(16-28)25(30)29-13-12-18-4-2-1-3-5-18/h1-11,14-15H,12-13,17H2,(H,29,30)/b21-14+. The summed E-state index contributed by atoms with van der Waals surface area (Å²) in [6.45, 7) is 0.739. The summed E-state index contributed by atoms with van der Waals surface area (Å²) in [7, 11) is 0. The lowest BCUT2D eigenvalue weighted by Gasteiger charge is -2.09. The van der Waals surface area contributed by atoms with Crippen LogP contribution in [-0.4, -0.2) is 12.5 Å². The van der Waals surface area contributed by atoms with E-state index in [1.165, 1.54) is 18.2 Å². The maximum absolute atomic E-state index is 13.0. The van der Waals surface area contributed by atoms with E-state index in [1.807, 2.05) is 36.4 Å². The van der Waals surface area contributed by atoms with Crippen molar-refractivity contribution in [1.82, 2.24) is 5.32 Å². The van der Waals surface area contributed by atoms with Gasteiger partial charge in [-0.15, -0.1) is 0 Å². The first kappa shape index (κ1) is 22.3. The van der Waals surface area contributed by atoms with Gasteiger partial charge in [-0.05, 0) is 69.4 Å². The number of carbonyl (C=O) groups excluding carboxylic acids is 1. The Labute approximate surface area is 189 Å². The highest BCUT2D eigenvalue weighted by atomic mass is 79.9. The molecule has 3 aromatic carbocycles. The molecule has 0 radical (unpaired) electrons. The SMILES string of the molecule is N#C/C(=C\c1ccc(OCc2ccc(F)cc2)c(Br)c1)C(=O)NCCc1ccccc1. The van der Waals surface area contributed by atoms with Gasteiger partial charge in [0.1, 0.15) is 29.8 Å². The van der Waals surface area contributed by atoms with E-state index in [-0.39, 0.29) is 11.4 Å². The van der Waals surface area contributed by atoms with Gasteiger partial charge in [0.2, 0.25) is 0 Å². The molecule has 156 valence electrons. The quantitative estimate of drug-likeness (QED) is 0.346. The largest absolute Gasteiger partial charge is 0.488 e. The summed E-state index contributed by atoms with van der Waals surface area (Å²) in [4.78, 5) is 12.3. The highest BCUT2D eigenvalue weighted by molar-refractivity contribution is 9.10. The Morgan fingerprint density at radius 2 is 1.81 bits per heavy atom. The van der Waals surface area contributed by atoms with E-state index in [2.05, 4.69) is 21.2 Å². The number of nitriles is 1. The molecule has 0 aliphatic rings. The maximum Gasteiger partial charge on any atom is 0.261 e. The fraction of sp³-hybridized carbons (Fsp3) is 0.120. The normalized spacial score (nSPS) is 10.9.